The zero-order valence-corrected chi connectivity index (χ0v) is 14.9. The van der Waals surface area contributed by atoms with Crippen molar-refractivity contribution in [2.24, 2.45) is 0 Å². The topological polar surface area (TPSA) is 29.5 Å². The summed E-state index contributed by atoms with van der Waals surface area (Å²) in [4.78, 5) is 0. The van der Waals surface area contributed by atoms with Crippen molar-refractivity contribution in [1.29, 1.82) is 0 Å². The monoisotopic (exact) mass is 351 g/mol. The van der Waals surface area contributed by atoms with Gasteiger partial charge in [0.05, 0.1) is 6.61 Å². The van der Waals surface area contributed by atoms with E-state index in [9.17, 15) is 0 Å². The maximum absolute atomic E-state index is 7.57. The van der Waals surface area contributed by atoms with E-state index < -0.39 is 0 Å². The molecule has 0 atom stereocenters. The van der Waals surface area contributed by atoms with Crippen LogP contribution < -0.4 is 0 Å². The van der Waals surface area contributed by atoms with Crippen molar-refractivity contribution in [3.8, 4) is 0 Å². The minimum absolute atomic E-state index is 0. The molecule has 0 heterocycles. The largest absolute Gasteiger partial charge is 0.586 e. The van der Waals surface area contributed by atoms with E-state index in [1.165, 1.54) is 0 Å². The molecule has 0 saturated heterocycles. The Labute approximate surface area is 146 Å². The molecule has 1 N–H and O–H groups in total. The van der Waals surface area contributed by atoms with Gasteiger partial charge in [-0.25, -0.2) is 6.92 Å². The molecule has 2 aliphatic carbocycles. The van der Waals surface area contributed by atoms with Crippen LogP contribution >= 0.6 is 0 Å². The van der Waals surface area contributed by atoms with Crippen LogP contribution in [0.3, 0.4) is 0 Å². The maximum atomic E-state index is 7.57. The molecule has 3 heteroatoms. The summed E-state index contributed by atoms with van der Waals surface area (Å²) in [6.45, 7) is 8.01. The van der Waals surface area contributed by atoms with Gasteiger partial charge in [-0.1, -0.05) is 6.26 Å². The van der Waals surface area contributed by atoms with Crippen LogP contribution in [0, 0.1) is 71.1 Å². The summed E-state index contributed by atoms with van der Waals surface area (Å²) in [5.74, 6) is 0. The fourth-order valence-electron chi connectivity index (χ4n) is 0.806. The van der Waals surface area contributed by atoms with Crippen LogP contribution in [0.2, 0.25) is 0 Å². The number of allylic oxidation sites excluding steroid dienone is 1. The van der Waals surface area contributed by atoms with Crippen LogP contribution in [0.1, 0.15) is 13.8 Å². The smallest absolute Gasteiger partial charge is 0.0608 e. The SMILES string of the molecule is CCO.[CH2-]/C=C\OCC.[CH]1[CH][CH][CH][CH]1.[CH]1[CH][CH][CH][CH]1.[Zr]. The molecule has 2 nitrogen and oxygen atoms in total. The van der Waals surface area contributed by atoms with Gasteiger partial charge in [-0.2, -0.15) is 6.08 Å². The second-order valence-corrected chi connectivity index (χ2v) is 3.07. The van der Waals surface area contributed by atoms with E-state index in [4.69, 9.17) is 9.84 Å². The Bertz CT molecular complexity index is 128. The fourth-order valence-corrected chi connectivity index (χ4v) is 0.806. The van der Waals surface area contributed by atoms with Crippen LogP contribution in [0.4, 0.5) is 0 Å². The Morgan fingerprint density at radius 2 is 1.10 bits per heavy atom. The van der Waals surface area contributed by atoms with Crippen molar-refractivity contribution in [2.45, 2.75) is 13.8 Å². The molecule has 0 aromatic heterocycles. The normalized spacial score (nSPS) is 15.8. The van der Waals surface area contributed by atoms with Crippen molar-refractivity contribution in [2.75, 3.05) is 13.2 Å². The number of hydrogen-bond acceptors (Lipinski definition) is 2. The molecule has 10 radical (unpaired) electrons. The predicted molar refractivity (Wildman–Crippen MR) is 81.9 cm³/mol. The van der Waals surface area contributed by atoms with E-state index in [1.807, 2.05) is 71.1 Å². The average molecular weight is 353 g/mol. The van der Waals surface area contributed by atoms with Crippen molar-refractivity contribution in [3.63, 3.8) is 0 Å². The van der Waals surface area contributed by atoms with E-state index in [0.717, 1.165) is 6.61 Å². The van der Waals surface area contributed by atoms with Crippen molar-refractivity contribution in [1.82, 2.24) is 0 Å². The van der Waals surface area contributed by atoms with Crippen molar-refractivity contribution < 1.29 is 36.0 Å². The zero-order chi connectivity index (χ0) is 14.6. The molecule has 2 rings (SSSR count). The van der Waals surface area contributed by atoms with Gasteiger partial charge in [-0.15, -0.1) is 0 Å². The van der Waals surface area contributed by atoms with Gasteiger partial charge in [0.25, 0.3) is 0 Å². The van der Waals surface area contributed by atoms with Crippen LogP contribution in [-0.4, -0.2) is 18.3 Å². The molecule has 0 aliphatic heterocycles. The summed E-state index contributed by atoms with van der Waals surface area (Å²) in [7, 11) is 0. The summed E-state index contributed by atoms with van der Waals surface area (Å²) in [6, 6.07) is 0. The first-order valence-corrected chi connectivity index (χ1v) is 6.33. The van der Waals surface area contributed by atoms with Gasteiger partial charge >= 0.3 is 0 Å². The molecule has 0 bridgehead atoms. The summed E-state index contributed by atoms with van der Waals surface area (Å²) < 4.78 is 4.74. The maximum Gasteiger partial charge on any atom is 0.0608 e. The fraction of sp³-hybridized carbons (Fsp3) is 0.235. The Morgan fingerprint density at radius 1 is 0.850 bits per heavy atom. The van der Waals surface area contributed by atoms with E-state index in [1.54, 1.807) is 19.3 Å². The minimum Gasteiger partial charge on any atom is -0.586 e. The third kappa shape index (κ3) is 30.9. The molecule has 0 aromatic carbocycles. The van der Waals surface area contributed by atoms with E-state index >= 15 is 0 Å². The molecule has 0 amide bonds. The van der Waals surface area contributed by atoms with Gasteiger partial charge in [-0.3, -0.25) is 0 Å². The van der Waals surface area contributed by atoms with Gasteiger partial charge in [0, 0.05) is 32.8 Å². The molecule has 0 aromatic rings. The molecule has 2 saturated carbocycles. The molecule has 2 aliphatic rings. The van der Waals surface area contributed by atoms with E-state index in [0.29, 0.717) is 0 Å². The Morgan fingerprint density at radius 3 is 1.20 bits per heavy atom. The Kier molecular flexibility index (Phi) is 34.8. The molecular weight excluding hydrogens is 327 g/mol. The van der Waals surface area contributed by atoms with Gasteiger partial charge in [0.2, 0.25) is 0 Å². The molecule has 2 fully saturated rings. The third-order valence-corrected chi connectivity index (χ3v) is 1.47. The summed E-state index contributed by atoms with van der Waals surface area (Å²) in [5.41, 5.74) is 0. The molecule has 0 spiro atoms. The number of rotatable bonds is 2. The van der Waals surface area contributed by atoms with Crippen LogP contribution in [-0.2, 0) is 30.9 Å². The molecule has 20 heavy (non-hydrogen) atoms. The third-order valence-electron chi connectivity index (χ3n) is 1.47. The minimum atomic E-state index is 0. The molecule has 0 unspecified atom stereocenters. The van der Waals surface area contributed by atoms with Crippen LogP contribution in [0.15, 0.2) is 12.3 Å². The summed E-state index contributed by atoms with van der Waals surface area (Å²) in [6.07, 6.45) is 23.2. The standard InChI is InChI=1S/C5H9O.2C5H5.C2H6O.Zr/c1-3-5-6-4-2;2*1-2-4-5-3-1;1-2-3;/h3,5H,1,4H2,2H3;2*1-5H;3H,2H2,1H3;/q-1;;;;/b5-3-;;;;. The quantitative estimate of drug-likeness (QED) is 0.609. The second-order valence-electron chi connectivity index (χ2n) is 3.07. The van der Waals surface area contributed by atoms with Crippen molar-refractivity contribution >= 4 is 0 Å². The van der Waals surface area contributed by atoms with Gasteiger partial charge in [0.15, 0.2) is 0 Å². The average Bonchev–Trinajstić information content (AvgIpc) is 3.13. The number of ether oxygens (including phenoxy) is 1. The number of hydrogen-bond donors (Lipinski definition) is 1. The predicted octanol–water partition coefficient (Wildman–Crippen LogP) is 3.41. The number of aliphatic hydroxyl groups is 1. The summed E-state index contributed by atoms with van der Waals surface area (Å²) in [5, 5.41) is 7.57. The van der Waals surface area contributed by atoms with Crippen LogP contribution in [0.25, 0.3) is 0 Å². The Hall–Kier alpha value is 0.253. The van der Waals surface area contributed by atoms with E-state index in [-0.39, 0.29) is 32.8 Å². The van der Waals surface area contributed by atoms with Gasteiger partial charge in [0.1, 0.15) is 0 Å². The van der Waals surface area contributed by atoms with Crippen LogP contribution in [0.5, 0.6) is 0 Å². The first-order chi connectivity index (χ1) is 9.33. The molecule has 110 valence electrons. The van der Waals surface area contributed by atoms with E-state index in [2.05, 4.69) is 6.92 Å². The summed E-state index contributed by atoms with van der Waals surface area (Å²) >= 11 is 0. The Balaban J connectivity index is -0.000000194. The first-order valence-electron chi connectivity index (χ1n) is 6.33. The number of aliphatic hydroxyl groups excluding tert-OH is 1. The van der Waals surface area contributed by atoms with Gasteiger partial charge in [-0.05, 0) is 78.1 Å². The first kappa shape index (κ1) is 25.2. The second kappa shape index (κ2) is 27.6. The van der Waals surface area contributed by atoms with Crippen molar-refractivity contribution in [3.05, 3.63) is 83.5 Å². The van der Waals surface area contributed by atoms with Gasteiger partial charge < -0.3 is 9.84 Å². The zero-order valence-electron chi connectivity index (χ0n) is 12.4. The molecular formula is C17H25O2Zr-.